The Kier molecular flexibility index (Phi) is 5.79. The summed E-state index contributed by atoms with van der Waals surface area (Å²) in [5, 5.41) is 4.87. The van der Waals surface area contributed by atoms with Crippen molar-refractivity contribution in [3.05, 3.63) is 29.8 Å². The molecule has 0 radical (unpaired) electrons. The second-order valence-corrected chi connectivity index (χ2v) is 4.25. The maximum atomic E-state index is 12.7. The summed E-state index contributed by atoms with van der Waals surface area (Å²) in [7, 11) is 0. The lowest BCUT2D eigenvalue weighted by Gasteiger charge is -2.15. The zero-order valence-corrected chi connectivity index (χ0v) is 10.9. The van der Waals surface area contributed by atoms with Crippen LogP contribution in [-0.2, 0) is 0 Å². The van der Waals surface area contributed by atoms with Crippen LogP contribution in [0.2, 0.25) is 0 Å². The Morgan fingerprint density at radius 3 is 2.35 bits per heavy atom. The van der Waals surface area contributed by atoms with Crippen LogP contribution in [0.15, 0.2) is 24.3 Å². The van der Waals surface area contributed by atoms with Crippen LogP contribution in [0, 0.1) is 0 Å². The zero-order valence-electron chi connectivity index (χ0n) is 10.9. The standard InChI is InChI=1S/C13H16F4N2O/c1-2-7-18-10-5-3-9(4-6-10)11(20)19-8-13(16,17)12(14)15/h3-6,12,18H,2,7-8H2,1H3,(H,19,20). The third kappa shape index (κ3) is 4.71. The fourth-order valence-electron chi connectivity index (χ4n) is 1.39. The summed E-state index contributed by atoms with van der Waals surface area (Å²) in [6.07, 6.45) is -2.87. The molecule has 112 valence electrons. The third-order valence-electron chi connectivity index (χ3n) is 2.53. The molecule has 1 aromatic carbocycles. The minimum Gasteiger partial charge on any atom is -0.385 e. The Bertz CT molecular complexity index is 435. The zero-order chi connectivity index (χ0) is 15.2. The van der Waals surface area contributed by atoms with Crippen molar-refractivity contribution in [2.45, 2.75) is 25.7 Å². The summed E-state index contributed by atoms with van der Waals surface area (Å²) in [6, 6.07) is 6.12. The van der Waals surface area contributed by atoms with E-state index in [2.05, 4.69) is 5.32 Å². The van der Waals surface area contributed by atoms with Gasteiger partial charge in [0.2, 0.25) is 0 Å². The lowest BCUT2D eigenvalue weighted by molar-refractivity contribution is -0.123. The van der Waals surface area contributed by atoms with Crippen molar-refractivity contribution >= 4 is 11.6 Å². The lowest BCUT2D eigenvalue weighted by Crippen LogP contribution is -2.41. The highest BCUT2D eigenvalue weighted by Crippen LogP contribution is 2.21. The van der Waals surface area contributed by atoms with E-state index in [9.17, 15) is 22.4 Å². The van der Waals surface area contributed by atoms with Gasteiger partial charge in [-0.05, 0) is 30.7 Å². The second-order valence-electron chi connectivity index (χ2n) is 4.25. The van der Waals surface area contributed by atoms with Gasteiger partial charge in [-0.25, -0.2) is 8.78 Å². The molecule has 0 aliphatic heterocycles. The fraction of sp³-hybridized carbons (Fsp3) is 0.462. The summed E-state index contributed by atoms with van der Waals surface area (Å²) in [5.41, 5.74) is 0.929. The largest absolute Gasteiger partial charge is 0.385 e. The predicted octanol–water partition coefficient (Wildman–Crippen LogP) is 3.14. The van der Waals surface area contributed by atoms with Gasteiger partial charge in [-0.2, -0.15) is 8.78 Å². The number of benzene rings is 1. The Hall–Kier alpha value is -1.79. The molecule has 0 aromatic heterocycles. The van der Waals surface area contributed by atoms with Crippen molar-refractivity contribution < 1.29 is 22.4 Å². The molecule has 1 aromatic rings. The van der Waals surface area contributed by atoms with Crippen LogP contribution in [0.1, 0.15) is 23.7 Å². The minimum absolute atomic E-state index is 0.136. The van der Waals surface area contributed by atoms with Crippen LogP contribution in [0.25, 0.3) is 0 Å². The van der Waals surface area contributed by atoms with Crippen LogP contribution < -0.4 is 10.6 Å². The van der Waals surface area contributed by atoms with Gasteiger partial charge in [-0.1, -0.05) is 6.92 Å². The number of nitrogens with one attached hydrogen (secondary N) is 2. The first-order chi connectivity index (χ1) is 9.36. The highest BCUT2D eigenvalue weighted by Gasteiger charge is 2.40. The van der Waals surface area contributed by atoms with E-state index < -0.39 is 24.8 Å². The Morgan fingerprint density at radius 2 is 1.85 bits per heavy atom. The van der Waals surface area contributed by atoms with Crippen molar-refractivity contribution in [3.8, 4) is 0 Å². The van der Waals surface area contributed by atoms with Crippen molar-refractivity contribution in [1.29, 1.82) is 0 Å². The molecular weight excluding hydrogens is 276 g/mol. The monoisotopic (exact) mass is 292 g/mol. The van der Waals surface area contributed by atoms with Crippen molar-refractivity contribution in [3.63, 3.8) is 0 Å². The van der Waals surface area contributed by atoms with E-state index in [0.29, 0.717) is 0 Å². The predicted molar refractivity (Wildman–Crippen MR) is 68.5 cm³/mol. The smallest absolute Gasteiger partial charge is 0.324 e. The molecule has 0 spiro atoms. The SMILES string of the molecule is CCCNc1ccc(C(=O)NCC(F)(F)C(F)F)cc1. The van der Waals surface area contributed by atoms with Crippen molar-refractivity contribution in [2.75, 3.05) is 18.4 Å². The molecule has 0 atom stereocenters. The highest BCUT2D eigenvalue weighted by atomic mass is 19.3. The van der Waals surface area contributed by atoms with Gasteiger partial charge in [-0.3, -0.25) is 4.79 Å². The number of carbonyl (C=O) groups excluding carboxylic acids is 1. The van der Waals surface area contributed by atoms with Gasteiger partial charge in [0.15, 0.2) is 0 Å². The molecule has 0 aliphatic rings. The van der Waals surface area contributed by atoms with Crippen LogP contribution in [0.3, 0.4) is 0 Å². The molecule has 7 heteroatoms. The number of alkyl halides is 4. The van der Waals surface area contributed by atoms with E-state index in [0.717, 1.165) is 18.7 Å². The number of rotatable bonds is 7. The molecule has 0 bridgehead atoms. The average Bonchev–Trinajstić information content (AvgIpc) is 2.43. The number of hydrogen-bond acceptors (Lipinski definition) is 2. The van der Waals surface area contributed by atoms with Gasteiger partial charge >= 0.3 is 12.3 Å². The quantitative estimate of drug-likeness (QED) is 0.758. The number of halogens is 4. The van der Waals surface area contributed by atoms with Crippen LogP contribution >= 0.6 is 0 Å². The summed E-state index contributed by atoms with van der Waals surface area (Å²) in [5.74, 6) is -5.04. The summed E-state index contributed by atoms with van der Waals surface area (Å²) in [4.78, 5) is 11.5. The topological polar surface area (TPSA) is 41.1 Å². The van der Waals surface area contributed by atoms with E-state index in [1.165, 1.54) is 12.1 Å². The molecule has 1 amide bonds. The minimum atomic E-state index is -4.22. The van der Waals surface area contributed by atoms with E-state index in [1.807, 2.05) is 6.92 Å². The summed E-state index contributed by atoms with van der Waals surface area (Å²) < 4.78 is 49.2. The second kappa shape index (κ2) is 7.12. The van der Waals surface area contributed by atoms with Crippen molar-refractivity contribution in [2.24, 2.45) is 0 Å². The number of hydrogen-bond donors (Lipinski definition) is 2. The molecule has 0 unspecified atom stereocenters. The van der Waals surface area contributed by atoms with Crippen LogP contribution in [0.4, 0.5) is 23.2 Å². The Morgan fingerprint density at radius 1 is 1.25 bits per heavy atom. The van der Waals surface area contributed by atoms with Gasteiger partial charge in [0.05, 0.1) is 6.54 Å². The highest BCUT2D eigenvalue weighted by molar-refractivity contribution is 5.94. The maximum Gasteiger partial charge on any atom is 0.324 e. The molecule has 2 N–H and O–H groups in total. The van der Waals surface area contributed by atoms with Gasteiger partial charge in [0.25, 0.3) is 5.91 Å². The molecule has 1 rings (SSSR count). The van der Waals surface area contributed by atoms with Gasteiger partial charge in [-0.15, -0.1) is 0 Å². The average molecular weight is 292 g/mol. The van der Waals surface area contributed by atoms with Crippen LogP contribution in [-0.4, -0.2) is 31.3 Å². The normalized spacial score (nSPS) is 11.5. The lowest BCUT2D eigenvalue weighted by atomic mass is 10.2. The summed E-state index contributed by atoms with van der Waals surface area (Å²) in [6.45, 7) is 1.38. The molecule has 0 fully saturated rings. The van der Waals surface area contributed by atoms with Gasteiger partial charge < -0.3 is 10.6 Å². The van der Waals surface area contributed by atoms with E-state index >= 15 is 0 Å². The fourth-order valence-corrected chi connectivity index (χ4v) is 1.39. The molecule has 0 heterocycles. The molecule has 20 heavy (non-hydrogen) atoms. The maximum absolute atomic E-state index is 12.7. The van der Waals surface area contributed by atoms with E-state index in [1.54, 1.807) is 17.4 Å². The van der Waals surface area contributed by atoms with E-state index in [-0.39, 0.29) is 5.56 Å². The third-order valence-corrected chi connectivity index (χ3v) is 2.53. The van der Waals surface area contributed by atoms with Gasteiger partial charge in [0.1, 0.15) is 0 Å². The number of carbonyl (C=O) groups is 1. The summed E-state index contributed by atoms with van der Waals surface area (Å²) >= 11 is 0. The number of anilines is 1. The number of amides is 1. The van der Waals surface area contributed by atoms with Crippen molar-refractivity contribution in [1.82, 2.24) is 5.32 Å². The Balaban J connectivity index is 2.56. The Labute approximate surface area is 114 Å². The molecule has 0 saturated carbocycles. The molecule has 0 aliphatic carbocycles. The van der Waals surface area contributed by atoms with E-state index in [4.69, 9.17) is 0 Å². The first kappa shape index (κ1) is 16.3. The molecule has 3 nitrogen and oxygen atoms in total. The first-order valence-electron chi connectivity index (χ1n) is 6.15. The first-order valence-corrected chi connectivity index (χ1v) is 6.15. The molecular formula is C13H16F4N2O. The van der Waals surface area contributed by atoms with Gasteiger partial charge in [0, 0.05) is 17.8 Å². The van der Waals surface area contributed by atoms with Crippen LogP contribution in [0.5, 0.6) is 0 Å². The molecule has 0 saturated heterocycles.